The Morgan fingerprint density at radius 2 is 1.86 bits per heavy atom. The fraction of sp³-hybridized carbons (Fsp3) is 0.235. The van der Waals surface area contributed by atoms with Crippen LogP contribution in [0.25, 0.3) is 0 Å². The van der Waals surface area contributed by atoms with Gasteiger partial charge in [0.15, 0.2) is 0 Å². The third-order valence-electron chi connectivity index (χ3n) is 3.35. The molecule has 2 aromatic rings. The van der Waals surface area contributed by atoms with Crippen molar-refractivity contribution in [1.29, 1.82) is 0 Å². The van der Waals surface area contributed by atoms with E-state index < -0.39 is 0 Å². The van der Waals surface area contributed by atoms with Gasteiger partial charge in [0.25, 0.3) is 0 Å². The molecule has 0 radical (unpaired) electrons. The molecule has 0 spiro atoms. The van der Waals surface area contributed by atoms with E-state index in [4.69, 9.17) is 23.2 Å². The zero-order chi connectivity index (χ0) is 15.2. The number of carbonyl (C=O) groups excluding carboxylic acids is 1. The average Bonchev–Trinajstić information content (AvgIpc) is 2.47. The minimum Gasteiger partial charge on any atom is -0.352 e. The van der Waals surface area contributed by atoms with E-state index in [1.165, 1.54) is 0 Å². The van der Waals surface area contributed by atoms with Crippen LogP contribution in [0, 0.1) is 0 Å². The summed E-state index contributed by atoms with van der Waals surface area (Å²) in [7, 11) is 0. The van der Waals surface area contributed by atoms with Crippen LogP contribution in [-0.2, 0) is 11.3 Å². The summed E-state index contributed by atoms with van der Waals surface area (Å²) in [6, 6.07) is 15.3. The topological polar surface area (TPSA) is 29.1 Å². The van der Waals surface area contributed by atoms with Gasteiger partial charge in [-0.1, -0.05) is 66.5 Å². The first-order chi connectivity index (χ1) is 10.1. The van der Waals surface area contributed by atoms with Crippen molar-refractivity contribution in [2.45, 2.75) is 25.8 Å². The lowest BCUT2D eigenvalue weighted by Crippen LogP contribution is -2.24. The Hall–Kier alpha value is -1.51. The molecule has 0 saturated carbocycles. The van der Waals surface area contributed by atoms with Crippen LogP contribution in [0.1, 0.15) is 30.4 Å². The predicted octanol–water partition coefficient (Wildman–Crippen LogP) is 4.80. The number of halogens is 2. The summed E-state index contributed by atoms with van der Waals surface area (Å²) in [6.45, 7) is 2.46. The van der Waals surface area contributed by atoms with Crippen LogP contribution in [0.4, 0.5) is 0 Å². The van der Waals surface area contributed by atoms with Crippen molar-refractivity contribution >= 4 is 29.1 Å². The van der Waals surface area contributed by atoms with Crippen LogP contribution in [0.15, 0.2) is 48.5 Å². The molecule has 1 amide bonds. The first-order valence-electron chi connectivity index (χ1n) is 6.82. The molecular formula is C17H17Cl2NO. The number of amides is 1. The lowest BCUT2D eigenvalue weighted by atomic mass is 9.97. The number of benzene rings is 2. The molecule has 2 aromatic carbocycles. The predicted molar refractivity (Wildman–Crippen MR) is 87.8 cm³/mol. The van der Waals surface area contributed by atoms with E-state index in [2.05, 4.69) is 5.32 Å². The molecule has 1 atom stereocenters. The highest BCUT2D eigenvalue weighted by Crippen LogP contribution is 2.21. The van der Waals surface area contributed by atoms with Crippen LogP contribution < -0.4 is 5.32 Å². The number of hydrogen-bond acceptors (Lipinski definition) is 1. The van der Waals surface area contributed by atoms with E-state index in [9.17, 15) is 4.79 Å². The molecule has 21 heavy (non-hydrogen) atoms. The summed E-state index contributed by atoms with van der Waals surface area (Å²) in [4.78, 5) is 12.0. The van der Waals surface area contributed by atoms with Crippen molar-refractivity contribution in [2.24, 2.45) is 0 Å². The van der Waals surface area contributed by atoms with Gasteiger partial charge in [0.2, 0.25) is 5.91 Å². The van der Waals surface area contributed by atoms with E-state index in [0.717, 1.165) is 11.1 Å². The van der Waals surface area contributed by atoms with Gasteiger partial charge in [-0.25, -0.2) is 0 Å². The SMILES string of the molecule is C[C@H](CC(=O)NCc1ccc(Cl)cc1Cl)c1ccccc1. The monoisotopic (exact) mass is 321 g/mol. The molecule has 0 aromatic heterocycles. The molecule has 0 saturated heterocycles. The number of carbonyl (C=O) groups is 1. The summed E-state index contributed by atoms with van der Waals surface area (Å²) in [5.74, 6) is 0.198. The molecule has 2 rings (SSSR count). The molecule has 1 N–H and O–H groups in total. The van der Waals surface area contributed by atoms with Gasteiger partial charge >= 0.3 is 0 Å². The van der Waals surface area contributed by atoms with Gasteiger partial charge in [-0.3, -0.25) is 4.79 Å². The molecule has 0 fully saturated rings. The maximum absolute atomic E-state index is 12.0. The molecule has 4 heteroatoms. The van der Waals surface area contributed by atoms with Crippen LogP contribution in [-0.4, -0.2) is 5.91 Å². The molecule has 0 bridgehead atoms. The number of nitrogens with one attached hydrogen (secondary N) is 1. The second-order valence-electron chi connectivity index (χ2n) is 5.03. The van der Waals surface area contributed by atoms with Gasteiger partial charge in [-0.2, -0.15) is 0 Å². The molecular weight excluding hydrogens is 305 g/mol. The summed E-state index contributed by atoms with van der Waals surface area (Å²) in [5, 5.41) is 4.05. The van der Waals surface area contributed by atoms with E-state index in [1.54, 1.807) is 12.1 Å². The van der Waals surface area contributed by atoms with E-state index in [-0.39, 0.29) is 11.8 Å². The Morgan fingerprint density at radius 1 is 1.14 bits per heavy atom. The van der Waals surface area contributed by atoms with Crippen molar-refractivity contribution in [3.8, 4) is 0 Å². The number of rotatable bonds is 5. The lowest BCUT2D eigenvalue weighted by Gasteiger charge is -2.12. The quantitative estimate of drug-likeness (QED) is 0.841. The second-order valence-corrected chi connectivity index (χ2v) is 5.87. The highest BCUT2D eigenvalue weighted by molar-refractivity contribution is 6.35. The standard InChI is InChI=1S/C17H17Cl2NO/c1-12(13-5-3-2-4-6-13)9-17(21)20-11-14-7-8-15(18)10-16(14)19/h2-8,10,12H,9,11H2,1H3,(H,20,21)/t12-/m1/s1. The Morgan fingerprint density at radius 3 is 2.52 bits per heavy atom. The molecule has 0 unspecified atom stereocenters. The van der Waals surface area contributed by atoms with Crippen molar-refractivity contribution in [3.63, 3.8) is 0 Å². The number of hydrogen-bond donors (Lipinski definition) is 1. The third kappa shape index (κ3) is 4.76. The van der Waals surface area contributed by atoms with Crippen LogP contribution >= 0.6 is 23.2 Å². The summed E-state index contributed by atoms with van der Waals surface area (Å²) < 4.78 is 0. The summed E-state index contributed by atoms with van der Waals surface area (Å²) in [5.41, 5.74) is 2.03. The summed E-state index contributed by atoms with van der Waals surface area (Å²) in [6.07, 6.45) is 0.454. The van der Waals surface area contributed by atoms with Gasteiger partial charge in [0, 0.05) is 23.0 Å². The molecule has 0 aliphatic carbocycles. The molecule has 0 aliphatic rings. The molecule has 0 heterocycles. The van der Waals surface area contributed by atoms with Crippen molar-refractivity contribution in [2.75, 3.05) is 0 Å². The maximum atomic E-state index is 12.0. The maximum Gasteiger partial charge on any atom is 0.220 e. The lowest BCUT2D eigenvalue weighted by molar-refractivity contribution is -0.121. The zero-order valence-corrected chi connectivity index (χ0v) is 13.3. The third-order valence-corrected chi connectivity index (χ3v) is 3.94. The molecule has 0 aliphatic heterocycles. The Kier molecular flexibility index (Phi) is 5.66. The smallest absolute Gasteiger partial charge is 0.220 e. The van der Waals surface area contributed by atoms with Gasteiger partial charge in [0.05, 0.1) is 0 Å². The minimum absolute atomic E-state index is 0.0115. The fourth-order valence-electron chi connectivity index (χ4n) is 2.11. The second kappa shape index (κ2) is 7.48. The van der Waals surface area contributed by atoms with Crippen LogP contribution in [0.3, 0.4) is 0 Å². The highest BCUT2D eigenvalue weighted by atomic mass is 35.5. The normalized spacial score (nSPS) is 12.0. The van der Waals surface area contributed by atoms with E-state index in [1.807, 2.05) is 43.3 Å². The van der Waals surface area contributed by atoms with Gasteiger partial charge in [0.1, 0.15) is 0 Å². The molecule has 110 valence electrons. The first kappa shape index (κ1) is 15.9. The highest BCUT2D eigenvalue weighted by Gasteiger charge is 2.11. The average molecular weight is 322 g/mol. The Bertz CT molecular complexity index is 613. The fourth-order valence-corrected chi connectivity index (χ4v) is 2.58. The zero-order valence-electron chi connectivity index (χ0n) is 11.8. The largest absolute Gasteiger partial charge is 0.352 e. The minimum atomic E-state index is 0.0115. The molecule has 2 nitrogen and oxygen atoms in total. The van der Waals surface area contributed by atoms with Gasteiger partial charge in [-0.05, 0) is 29.2 Å². The Balaban J connectivity index is 1.87. The Labute approximate surface area is 135 Å². The van der Waals surface area contributed by atoms with Crippen molar-refractivity contribution in [3.05, 3.63) is 69.7 Å². The van der Waals surface area contributed by atoms with E-state index in [0.29, 0.717) is 23.0 Å². The first-order valence-corrected chi connectivity index (χ1v) is 7.57. The summed E-state index contributed by atoms with van der Waals surface area (Å²) >= 11 is 11.9. The van der Waals surface area contributed by atoms with Crippen molar-refractivity contribution in [1.82, 2.24) is 5.32 Å². The van der Waals surface area contributed by atoms with Gasteiger partial charge in [-0.15, -0.1) is 0 Å². The van der Waals surface area contributed by atoms with Crippen LogP contribution in [0.2, 0.25) is 10.0 Å². The van der Waals surface area contributed by atoms with Crippen molar-refractivity contribution < 1.29 is 4.79 Å². The van der Waals surface area contributed by atoms with Crippen LogP contribution in [0.5, 0.6) is 0 Å². The van der Waals surface area contributed by atoms with Gasteiger partial charge < -0.3 is 5.32 Å². The van der Waals surface area contributed by atoms with E-state index >= 15 is 0 Å².